The third kappa shape index (κ3) is 2.84. The van der Waals surface area contributed by atoms with E-state index in [0.29, 0.717) is 19.6 Å². The van der Waals surface area contributed by atoms with Crippen molar-refractivity contribution in [3.05, 3.63) is 36.5 Å². The fourth-order valence-electron chi connectivity index (χ4n) is 2.40. The van der Waals surface area contributed by atoms with Crippen LogP contribution < -0.4 is 10.6 Å². The molecule has 0 bridgehead atoms. The summed E-state index contributed by atoms with van der Waals surface area (Å²) in [6.07, 6.45) is 5.62. The molecule has 2 aromatic heterocycles. The number of rotatable bonds is 5. The second-order valence-electron chi connectivity index (χ2n) is 5.08. The van der Waals surface area contributed by atoms with Gasteiger partial charge >= 0.3 is 0 Å². The summed E-state index contributed by atoms with van der Waals surface area (Å²) in [6, 6.07) is 3.89. The number of hydrogen-bond donors (Lipinski definition) is 3. The lowest BCUT2D eigenvalue weighted by Crippen LogP contribution is -2.42. The molecule has 106 valence electrons. The molecule has 3 N–H and O–H groups in total. The summed E-state index contributed by atoms with van der Waals surface area (Å²) < 4.78 is 1.64. The molecular formula is C13H18N6O. The van der Waals surface area contributed by atoms with Crippen molar-refractivity contribution in [2.45, 2.75) is 18.6 Å². The summed E-state index contributed by atoms with van der Waals surface area (Å²) >= 11 is 0. The fourth-order valence-corrected chi connectivity index (χ4v) is 2.40. The van der Waals surface area contributed by atoms with Gasteiger partial charge in [0.1, 0.15) is 12.7 Å². The largest absolute Gasteiger partial charge is 0.387 e. The predicted octanol–water partition coefficient (Wildman–Crippen LogP) is -0.524. The van der Waals surface area contributed by atoms with Crippen molar-refractivity contribution in [3.63, 3.8) is 0 Å². The average molecular weight is 274 g/mol. The SMILES string of the molecule is O[C@@]1(CNCc2cccnc2-n2cncn2)CCNC1. The second kappa shape index (κ2) is 5.66. The monoisotopic (exact) mass is 274 g/mol. The van der Waals surface area contributed by atoms with Crippen molar-refractivity contribution in [2.24, 2.45) is 0 Å². The van der Waals surface area contributed by atoms with Crippen LogP contribution in [0.5, 0.6) is 0 Å². The Kier molecular flexibility index (Phi) is 3.72. The average Bonchev–Trinajstić information content (AvgIpc) is 3.11. The number of hydrogen-bond acceptors (Lipinski definition) is 6. The van der Waals surface area contributed by atoms with Gasteiger partial charge in [0, 0.05) is 31.4 Å². The molecule has 1 fully saturated rings. The number of aliphatic hydroxyl groups is 1. The molecule has 0 saturated carbocycles. The Labute approximate surface area is 117 Å². The summed E-state index contributed by atoms with van der Waals surface area (Å²) in [6.45, 7) is 2.70. The zero-order valence-corrected chi connectivity index (χ0v) is 11.2. The van der Waals surface area contributed by atoms with Crippen LogP contribution in [0.25, 0.3) is 5.82 Å². The first kappa shape index (κ1) is 13.2. The van der Waals surface area contributed by atoms with E-state index in [9.17, 15) is 5.11 Å². The van der Waals surface area contributed by atoms with E-state index in [1.165, 1.54) is 6.33 Å². The Bertz CT molecular complexity index is 550. The molecule has 3 rings (SSSR count). The standard InChI is InChI=1S/C13H18N6O/c20-13(3-5-14-7-13)8-15-6-11-2-1-4-17-12(11)19-10-16-9-18-19/h1-2,4,9-10,14-15,20H,3,5-8H2/t13-/m0/s1. The van der Waals surface area contributed by atoms with Gasteiger partial charge in [-0.1, -0.05) is 6.07 Å². The summed E-state index contributed by atoms with van der Waals surface area (Å²) in [5.74, 6) is 0.758. The number of aromatic nitrogens is 4. The van der Waals surface area contributed by atoms with Gasteiger partial charge in [-0.25, -0.2) is 14.6 Å². The lowest BCUT2D eigenvalue weighted by Gasteiger charge is -2.21. The Morgan fingerprint density at radius 1 is 1.50 bits per heavy atom. The van der Waals surface area contributed by atoms with Crippen LogP contribution in [0, 0.1) is 0 Å². The third-order valence-electron chi connectivity index (χ3n) is 3.49. The molecule has 20 heavy (non-hydrogen) atoms. The van der Waals surface area contributed by atoms with Gasteiger partial charge in [0.2, 0.25) is 0 Å². The molecular weight excluding hydrogens is 256 g/mol. The molecule has 3 heterocycles. The zero-order valence-electron chi connectivity index (χ0n) is 11.2. The van der Waals surface area contributed by atoms with Crippen LogP contribution in [0.4, 0.5) is 0 Å². The first-order chi connectivity index (χ1) is 9.77. The van der Waals surface area contributed by atoms with Crippen molar-refractivity contribution in [1.29, 1.82) is 0 Å². The summed E-state index contributed by atoms with van der Waals surface area (Å²) in [7, 11) is 0. The van der Waals surface area contributed by atoms with Gasteiger partial charge in [-0.3, -0.25) is 0 Å². The smallest absolute Gasteiger partial charge is 0.159 e. The third-order valence-corrected chi connectivity index (χ3v) is 3.49. The van der Waals surface area contributed by atoms with E-state index in [1.807, 2.05) is 12.1 Å². The first-order valence-corrected chi connectivity index (χ1v) is 6.70. The highest BCUT2D eigenvalue weighted by atomic mass is 16.3. The van der Waals surface area contributed by atoms with E-state index < -0.39 is 5.60 Å². The van der Waals surface area contributed by atoms with Crippen LogP contribution in [0.2, 0.25) is 0 Å². The summed E-state index contributed by atoms with van der Waals surface area (Å²) in [5, 5.41) is 20.8. The molecule has 2 aromatic rings. The van der Waals surface area contributed by atoms with Gasteiger partial charge in [-0.2, -0.15) is 5.10 Å². The molecule has 0 unspecified atom stereocenters. The maximum absolute atomic E-state index is 10.3. The van der Waals surface area contributed by atoms with Gasteiger partial charge in [-0.15, -0.1) is 0 Å². The molecule has 0 amide bonds. The van der Waals surface area contributed by atoms with E-state index in [-0.39, 0.29) is 0 Å². The Morgan fingerprint density at radius 2 is 2.45 bits per heavy atom. The predicted molar refractivity (Wildman–Crippen MR) is 73.3 cm³/mol. The lowest BCUT2D eigenvalue weighted by molar-refractivity contribution is 0.0608. The molecule has 0 spiro atoms. The van der Waals surface area contributed by atoms with Gasteiger partial charge in [0.25, 0.3) is 0 Å². The van der Waals surface area contributed by atoms with E-state index in [0.717, 1.165) is 24.3 Å². The molecule has 1 aliphatic heterocycles. The Morgan fingerprint density at radius 3 is 3.20 bits per heavy atom. The quantitative estimate of drug-likeness (QED) is 0.680. The zero-order chi connectivity index (χ0) is 13.8. The van der Waals surface area contributed by atoms with Crippen molar-refractivity contribution in [2.75, 3.05) is 19.6 Å². The number of pyridine rings is 1. The van der Waals surface area contributed by atoms with Gasteiger partial charge in [0.15, 0.2) is 5.82 Å². The van der Waals surface area contributed by atoms with Crippen LogP contribution >= 0.6 is 0 Å². The normalized spacial score (nSPS) is 22.2. The van der Waals surface area contributed by atoms with E-state index in [2.05, 4.69) is 25.7 Å². The van der Waals surface area contributed by atoms with Crippen LogP contribution in [0.1, 0.15) is 12.0 Å². The van der Waals surface area contributed by atoms with Crippen LogP contribution in [0.15, 0.2) is 31.0 Å². The van der Waals surface area contributed by atoms with Crippen molar-refractivity contribution >= 4 is 0 Å². The molecule has 7 nitrogen and oxygen atoms in total. The second-order valence-corrected chi connectivity index (χ2v) is 5.08. The molecule has 1 atom stereocenters. The van der Waals surface area contributed by atoms with Gasteiger partial charge in [0.05, 0.1) is 5.60 Å². The van der Waals surface area contributed by atoms with Crippen LogP contribution in [-0.2, 0) is 6.54 Å². The molecule has 7 heteroatoms. The lowest BCUT2D eigenvalue weighted by atomic mass is 10.0. The maximum Gasteiger partial charge on any atom is 0.159 e. The van der Waals surface area contributed by atoms with Gasteiger partial charge < -0.3 is 15.7 Å². The van der Waals surface area contributed by atoms with E-state index in [4.69, 9.17) is 0 Å². The van der Waals surface area contributed by atoms with Crippen LogP contribution in [-0.4, -0.2) is 50.1 Å². The topological polar surface area (TPSA) is 87.9 Å². The van der Waals surface area contributed by atoms with Gasteiger partial charge in [-0.05, 0) is 19.0 Å². The summed E-state index contributed by atoms with van der Waals surface area (Å²) in [4.78, 5) is 8.27. The van der Waals surface area contributed by atoms with E-state index in [1.54, 1.807) is 17.2 Å². The summed E-state index contributed by atoms with van der Waals surface area (Å²) in [5.41, 5.74) is 0.378. The highest BCUT2D eigenvalue weighted by Crippen LogP contribution is 2.14. The molecule has 0 aromatic carbocycles. The Balaban J connectivity index is 1.66. The minimum absolute atomic E-state index is 0.561. The molecule has 0 radical (unpaired) electrons. The number of β-amino-alcohol motifs (C(OH)–C–C–N with tert-alkyl or cyclic N) is 1. The first-order valence-electron chi connectivity index (χ1n) is 6.70. The van der Waals surface area contributed by atoms with Crippen molar-refractivity contribution in [3.8, 4) is 5.82 Å². The number of nitrogens with one attached hydrogen (secondary N) is 2. The van der Waals surface area contributed by atoms with Crippen molar-refractivity contribution in [1.82, 2.24) is 30.4 Å². The fraction of sp³-hybridized carbons (Fsp3) is 0.462. The maximum atomic E-state index is 10.3. The molecule has 0 aliphatic carbocycles. The Hall–Kier alpha value is -1.83. The number of nitrogens with zero attached hydrogens (tertiary/aromatic N) is 4. The minimum atomic E-state index is -0.643. The minimum Gasteiger partial charge on any atom is -0.387 e. The van der Waals surface area contributed by atoms with Crippen LogP contribution in [0.3, 0.4) is 0 Å². The van der Waals surface area contributed by atoms with E-state index >= 15 is 0 Å². The highest BCUT2D eigenvalue weighted by molar-refractivity contribution is 5.31. The molecule has 1 saturated heterocycles. The van der Waals surface area contributed by atoms with Crippen molar-refractivity contribution < 1.29 is 5.11 Å². The molecule has 1 aliphatic rings. The highest BCUT2D eigenvalue weighted by Gasteiger charge is 2.30.